The minimum Gasteiger partial charge on any atom is -0.480 e. The first-order valence-electron chi connectivity index (χ1n) is 8.40. The van der Waals surface area contributed by atoms with Crippen LogP contribution in [0.25, 0.3) is 10.6 Å². The number of carboxylic acids is 1. The van der Waals surface area contributed by atoms with E-state index in [2.05, 4.69) is 10.3 Å². The summed E-state index contributed by atoms with van der Waals surface area (Å²) in [5, 5.41) is 14.5. The zero-order valence-electron chi connectivity index (χ0n) is 15.2. The summed E-state index contributed by atoms with van der Waals surface area (Å²) in [5.74, 6) is -1.43. The molecule has 2 N–H and O–H groups in total. The molecule has 1 aromatic carbocycles. The Balaban J connectivity index is 1.90. The first kappa shape index (κ1) is 20.1. The Morgan fingerprint density at radius 1 is 1.27 bits per heavy atom. The maximum Gasteiger partial charge on any atom is 0.326 e. The quantitative estimate of drug-likeness (QED) is 0.739. The lowest BCUT2D eigenvalue weighted by Crippen LogP contribution is -2.42. The highest BCUT2D eigenvalue weighted by molar-refractivity contribution is 7.13. The van der Waals surface area contributed by atoms with Gasteiger partial charge in [0.1, 0.15) is 11.0 Å². The molecule has 2 aromatic rings. The molecule has 1 heterocycles. The standard InChI is InChI=1S/C19H24N2O4S/c1-19(2,3)25-10-9-15(18(23)24)21-16(22)11-14-12-26-17(20-14)13-7-5-4-6-8-13/h4-8,12,15H,9-11H2,1-3H3,(H,21,22)(H,23,24). The molecular formula is C19H24N2O4S. The number of rotatable bonds is 8. The molecule has 7 heteroatoms. The van der Waals surface area contributed by atoms with Crippen LogP contribution in [0.1, 0.15) is 32.9 Å². The van der Waals surface area contributed by atoms with Gasteiger partial charge in [-0.25, -0.2) is 9.78 Å². The minimum atomic E-state index is -1.07. The smallest absolute Gasteiger partial charge is 0.326 e. The van der Waals surface area contributed by atoms with Gasteiger partial charge in [0.15, 0.2) is 0 Å². The van der Waals surface area contributed by atoms with Crippen molar-refractivity contribution in [2.24, 2.45) is 0 Å². The molecule has 1 atom stereocenters. The SMILES string of the molecule is CC(C)(C)OCCC(NC(=O)Cc1csc(-c2ccccc2)n1)C(=O)O. The van der Waals surface area contributed by atoms with Crippen LogP contribution < -0.4 is 5.32 Å². The molecule has 1 unspecified atom stereocenters. The predicted octanol–water partition coefficient (Wildman–Crippen LogP) is 3.13. The number of benzene rings is 1. The van der Waals surface area contributed by atoms with E-state index in [0.717, 1.165) is 10.6 Å². The summed E-state index contributed by atoms with van der Waals surface area (Å²) in [4.78, 5) is 28.0. The van der Waals surface area contributed by atoms with Crippen LogP contribution in [0, 0.1) is 0 Å². The molecule has 1 aromatic heterocycles. The molecule has 0 aliphatic heterocycles. The number of aromatic nitrogens is 1. The number of amides is 1. The Hall–Kier alpha value is -2.25. The van der Waals surface area contributed by atoms with E-state index >= 15 is 0 Å². The Morgan fingerprint density at radius 2 is 1.96 bits per heavy atom. The van der Waals surface area contributed by atoms with Gasteiger partial charge in [0.05, 0.1) is 17.7 Å². The van der Waals surface area contributed by atoms with Crippen LogP contribution >= 0.6 is 11.3 Å². The molecule has 2 rings (SSSR count). The van der Waals surface area contributed by atoms with Crippen LogP contribution in [0.4, 0.5) is 0 Å². The second-order valence-electron chi connectivity index (χ2n) is 6.89. The van der Waals surface area contributed by atoms with Gasteiger partial charge in [0.25, 0.3) is 0 Å². The number of ether oxygens (including phenoxy) is 1. The fourth-order valence-corrected chi connectivity index (χ4v) is 3.08. The monoisotopic (exact) mass is 376 g/mol. The number of carbonyl (C=O) groups is 2. The summed E-state index contributed by atoms with van der Waals surface area (Å²) in [7, 11) is 0. The lowest BCUT2D eigenvalue weighted by molar-refractivity contribution is -0.142. The summed E-state index contributed by atoms with van der Waals surface area (Å²) in [6.45, 7) is 5.95. The van der Waals surface area contributed by atoms with Crippen molar-refractivity contribution in [1.82, 2.24) is 10.3 Å². The minimum absolute atomic E-state index is 0.0489. The summed E-state index contributed by atoms with van der Waals surface area (Å²) in [5.41, 5.74) is 1.27. The first-order chi connectivity index (χ1) is 12.2. The normalized spacial score (nSPS) is 12.6. The van der Waals surface area contributed by atoms with E-state index in [0.29, 0.717) is 5.69 Å². The van der Waals surface area contributed by atoms with Gasteiger partial charge >= 0.3 is 5.97 Å². The van der Waals surface area contributed by atoms with Gasteiger partial charge < -0.3 is 15.2 Å². The molecular weight excluding hydrogens is 352 g/mol. The molecule has 0 aliphatic carbocycles. The van der Waals surface area contributed by atoms with Crippen molar-refractivity contribution in [3.05, 3.63) is 41.4 Å². The van der Waals surface area contributed by atoms with Gasteiger partial charge in [-0.15, -0.1) is 11.3 Å². The fourth-order valence-electron chi connectivity index (χ4n) is 2.25. The van der Waals surface area contributed by atoms with E-state index in [1.54, 1.807) is 0 Å². The summed E-state index contributed by atoms with van der Waals surface area (Å²) in [6.07, 6.45) is 0.262. The maximum atomic E-state index is 12.2. The molecule has 0 spiro atoms. The Bertz CT molecular complexity index is 737. The van der Waals surface area contributed by atoms with E-state index in [-0.39, 0.29) is 31.0 Å². The van der Waals surface area contributed by atoms with Crippen molar-refractivity contribution in [3.63, 3.8) is 0 Å². The lowest BCUT2D eigenvalue weighted by atomic mass is 10.1. The molecule has 0 aliphatic rings. The van der Waals surface area contributed by atoms with E-state index in [4.69, 9.17) is 4.74 Å². The zero-order valence-corrected chi connectivity index (χ0v) is 16.0. The number of carbonyl (C=O) groups excluding carboxylic acids is 1. The van der Waals surface area contributed by atoms with Crippen LogP contribution in [-0.2, 0) is 20.7 Å². The number of nitrogens with one attached hydrogen (secondary N) is 1. The third-order valence-corrected chi connectivity index (χ3v) is 4.43. The number of thiazole rings is 1. The lowest BCUT2D eigenvalue weighted by Gasteiger charge is -2.21. The largest absolute Gasteiger partial charge is 0.480 e. The van der Waals surface area contributed by atoms with Crippen molar-refractivity contribution in [1.29, 1.82) is 0 Å². The van der Waals surface area contributed by atoms with Crippen molar-refractivity contribution >= 4 is 23.2 Å². The van der Waals surface area contributed by atoms with Crippen LogP contribution in [0.2, 0.25) is 0 Å². The number of nitrogens with zero attached hydrogens (tertiary/aromatic N) is 1. The van der Waals surface area contributed by atoms with Gasteiger partial charge in [-0.3, -0.25) is 4.79 Å². The van der Waals surface area contributed by atoms with Crippen molar-refractivity contribution in [3.8, 4) is 10.6 Å². The summed E-state index contributed by atoms with van der Waals surface area (Å²) >= 11 is 1.46. The number of aliphatic carboxylic acids is 1. The second kappa shape index (κ2) is 8.91. The van der Waals surface area contributed by atoms with Gasteiger partial charge in [0.2, 0.25) is 5.91 Å². The van der Waals surface area contributed by atoms with Crippen LogP contribution in [0.5, 0.6) is 0 Å². The topological polar surface area (TPSA) is 88.5 Å². The molecule has 0 saturated heterocycles. The van der Waals surface area contributed by atoms with Gasteiger partial charge in [-0.2, -0.15) is 0 Å². The molecule has 26 heavy (non-hydrogen) atoms. The van der Waals surface area contributed by atoms with Gasteiger partial charge in [-0.1, -0.05) is 30.3 Å². The molecule has 0 saturated carbocycles. The molecule has 6 nitrogen and oxygen atoms in total. The summed E-state index contributed by atoms with van der Waals surface area (Å²) < 4.78 is 5.54. The fraction of sp³-hybridized carbons (Fsp3) is 0.421. The molecule has 1 amide bonds. The highest BCUT2D eigenvalue weighted by Crippen LogP contribution is 2.23. The Morgan fingerprint density at radius 3 is 2.58 bits per heavy atom. The maximum absolute atomic E-state index is 12.2. The van der Waals surface area contributed by atoms with Crippen molar-refractivity contribution in [2.75, 3.05) is 6.61 Å². The number of carboxylic acid groups (broad SMARTS) is 1. The molecule has 0 fully saturated rings. The van der Waals surface area contributed by atoms with Gasteiger partial charge in [0, 0.05) is 24.0 Å². The molecule has 0 radical (unpaired) electrons. The third-order valence-electron chi connectivity index (χ3n) is 3.49. The molecule has 0 bridgehead atoms. The average Bonchev–Trinajstić information content (AvgIpc) is 3.02. The van der Waals surface area contributed by atoms with Crippen molar-refractivity contribution < 1.29 is 19.4 Å². The number of hydrogen-bond acceptors (Lipinski definition) is 5. The van der Waals surface area contributed by atoms with Crippen LogP contribution in [-0.4, -0.2) is 40.2 Å². The van der Waals surface area contributed by atoms with E-state index in [1.165, 1.54) is 11.3 Å². The second-order valence-corrected chi connectivity index (χ2v) is 7.75. The van der Waals surface area contributed by atoms with Crippen LogP contribution in [0.3, 0.4) is 0 Å². The predicted molar refractivity (Wildman–Crippen MR) is 101 cm³/mol. The van der Waals surface area contributed by atoms with E-state index < -0.39 is 12.0 Å². The van der Waals surface area contributed by atoms with Crippen molar-refractivity contribution in [2.45, 2.75) is 45.3 Å². The van der Waals surface area contributed by atoms with E-state index in [9.17, 15) is 14.7 Å². The Labute approximate surface area is 157 Å². The summed E-state index contributed by atoms with van der Waals surface area (Å²) in [6, 6.07) is 8.73. The number of hydrogen-bond donors (Lipinski definition) is 2. The molecule has 140 valence electrons. The van der Waals surface area contributed by atoms with Gasteiger partial charge in [-0.05, 0) is 20.8 Å². The highest BCUT2D eigenvalue weighted by atomic mass is 32.1. The van der Waals surface area contributed by atoms with Crippen LogP contribution in [0.15, 0.2) is 35.7 Å². The average molecular weight is 376 g/mol. The Kier molecular flexibility index (Phi) is 6.88. The third kappa shape index (κ3) is 6.57. The zero-order chi connectivity index (χ0) is 19.2. The van der Waals surface area contributed by atoms with E-state index in [1.807, 2.05) is 56.5 Å². The first-order valence-corrected chi connectivity index (χ1v) is 9.28. The highest BCUT2D eigenvalue weighted by Gasteiger charge is 2.21.